The van der Waals surface area contributed by atoms with Gasteiger partial charge < -0.3 is 15.2 Å². The molecule has 17 heavy (non-hydrogen) atoms. The second kappa shape index (κ2) is 6.00. The summed E-state index contributed by atoms with van der Waals surface area (Å²) in [7, 11) is 1.52. The van der Waals surface area contributed by atoms with Gasteiger partial charge in [0.1, 0.15) is 0 Å². The zero-order chi connectivity index (χ0) is 12.8. The molecule has 5 nitrogen and oxygen atoms in total. The Bertz CT molecular complexity index is 429. The molecule has 0 aliphatic rings. The Morgan fingerprint density at radius 3 is 2.71 bits per heavy atom. The average molecular weight is 237 g/mol. The monoisotopic (exact) mass is 237 g/mol. The van der Waals surface area contributed by atoms with Gasteiger partial charge in [-0.05, 0) is 24.6 Å². The van der Waals surface area contributed by atoms with Crippen molar-refractivity contribution in [3.8, 4) is 0 Å². The van der Waals surface area contributed by atoms with Gasteiger partial charge in [0.25, 0.3) is 0 Å². The molecule has 92 valence electrons. The zero-order valence-corrected chi connectivity index (χ0v) is 9.82. The SMILES string of the molecule is COCCC(=O)Nc1cccc(C(=O)O)c1C. The highest BCUT2D eigenvalue weighted by atomic mass is 16.5. The predicted octanol–water partition coefficient (Wildman–Crippen LogP) is 1.67. The number of rotatable bonds is 5. The van der Waals surface area contributed by atoms with Crippen molar-refractivity contribution in [2.75, 3.05) is 19.0 Å². The molecule has 1 rings (SSSR count). The van der Waals surface area contributed by atoms with Crippen molar-refractivity contribution in [2.24, 2.45) is 0 Å². The Morgan fingerprint density at radius 2 is 2.12 bits per heavy atom. The molecule has 5 heteroatoms. The van der Waals surface area contributed by atoms with Gasteiger partial charge in [-0.1, -0.05) is 6.07 Å². The maximum absolute atomic E-state index is 11.5. The van der Waals surface area contributed by atoms with E-state index in [1.54, 1.807) is 19.1 Å². The Balaban J connectivity index is 2.81. The summed E-state index contributed by atoms with van der Waals surface area (Å²) in [4.78, 5) is 22.4. The van der Waals surface area contributed by atoms with E-state index in [9.17, 15) is 9.59 Å². The van der Waals surface area contributed by atoms with Crippen molar-refractivity contribution in [3.63, 3.8) is 0 Å². The minimum absolute atomic E-state index is 0.189. The lowest BCUT2D eigenvalue weighted by molar-refractivity contribution is -0.117. The molecule has 0 aliphatic heterocycles. The standard InChI is InChI=1S/C12H15NO4/c1-8-9(12(15)16)4-3-5-10(8)13-11(14)6-7-17-2/h3-5H,6-7H2,1-2H3,(H,13,14)(H,15,16). The molecule has 0 saturated carbocycles. The van der Waals surface area contributed by atoms with Gasteiger partial charge in [0.05, 0.1) is 18.6 Å². The summed E-state index contributed by atoms with van der Waals surface area (Å²) >= 11 is 0. The maximum atomic E-state index is 11.5. The number of aromatic carboxylic acids is 1. The number of methoxy groups -OCH3 is 1. The molecule has 0 fully saturated rings. The van der Waals surface area contributed by atoms with Crippen LogP contribution in [0.15, 0.2) is 18.2 Å². The van der Waals surface area contributed by atoms with Crippen molar-refractivity contribution in [2.45, 2.75) is 13.3 Å². The van der Waals surface area contributed by atoms with Crippen LogP contribution in [0.3, 0.4) is 0 Å². The summed E-state index contributed by atoms with van der Waals surface area (Å²) in [6.07, 6.45) is 0.243. The van der Waals surface area contributed by atoms with Gasteiger partial charge in [0, 0.05) is 12.8 Å². The second-order valence-electron chi connectivity index (χ2n) is 3.57. The van der Waals surface area contributed by atoms with E-state index in [2.05, 4.69) is 5.32 Å². The molecular formula is C12H15NO4. The fourth-order valence-electron chi connectivity index (χ4n) is 1.41. The first-order valence-corrected chi connectivity index (χ1v) is 5.18. The van der Waals surface area contributed by atoms with Gasteiger partial charge in [0.15, 0.2) is 0 Å². The van der Waals surface area contributed by atoms with Gasteiger partial charge in [-0.25, -0.2) is 4.79 Å². The van der Waals surface area contributed by atoms with Gasteiger partial charge in [0.2, 0.25) is 5.91 Å². The number of anilines is 1. The van der Waals surface area contributed by atoms with Crippen molar-refractivity contribution in [1.29, 1.82) is 0 Å². The second-order valence-corrected chi connectivity index (χ2v) is 3.57. The number of hydrogen-bond acceptors (Lipinski definition) is 3. The summed E-state index contributed by atoms with van der Waals surface area (Å²) in [6, 6.07) is 4.78. The Hall–Kier alpha value is -1.88. The van der Waals surface area contributed by atoms with Gasteiger partial charge in [-0.2, -0.15) is 0 Å². The molecule has 0 unspecified atom stereocenters. The fraction of sp³-hybridized carbons (Fsp3) is 0.333. The summed E-state index contributed by atoms with van der Waals surface area (Å²) < 4.78 is 4.79. The van der Waals surface area contributed by atoms with Crippen molar-refractivity contribution < 1.29 is 19.4 Å². The first-order chi connectivity index (χ1) is 8.06. The fourth-order valence-corrected chi connectivity index (χ4v) is 1.41. The third kappa shape index (κ3) is 3.57. The normalized spacial score (nSPS) is 10.0. The Labute approximate surface area is 99.4 Å². The molecule has 1 aromatic rings. The lowest BCUT2D eigenvalue weighted by Crippen LogP contribution is -2.15. The average Bonchev–Trinajstić information content (AvgIpc) is 2.28. The van der Waals surface area contributed by atoms with Crippen molar-refractivity contribution in [1.82, 2.24) is 0 Å². The van der Waals surface area contributed by atoms with Crippen LogP contribution in [-0.4, -0.2) is 30.7 Å². The van der Waals surface area contributed by atoms with E-state index in [0.717, 1.165) is 0 Å². The van der Waals surface area contributed by atoms with Crippen LogP contribution in [0.1, 0.15) is 22.3 Å². The van der Waals surface area contributed by atoms with Crippen LogP contribution in [0.25, 0.3) is 0 Å². The van der Waals surface area contributed by atoms with Crippen LogP contribution >= 0.6 is 0 Å². The summed E-state index contributed by atoms with van der Waals surface area (Å²) in [5.41, 5.74) is 1.26. The molecule has 1 amide bonds. The van der Waals surface area contributed by atoms with E-state index in [4.69, 9.17) is 9.84 Å². The van der Waals surface area contributed by atoms with E-state index < -0.39 is 5.97 Å². The number of carboxylic acid groups (broad SMARTS) is 1. The Kier molecular flexibility index (Phi) is 4.66. The number of carbonyl (C=O) groups excluding carboxylic acids is 1. The summed E-state index contributed by atoms with van der Waals surface area (Å²) in [5.74, 6) is -1.20. The molecule has 0 bridgehead atoms. The van der Waals surface area contributed by atoms with Crippen LogP contribution in [0.2, 0.25) is 0 Å². The minimum Gasteiger partial charge on any atom is -0.478 e. The molecule has 2 N–H and O–H groups in total. The number of carbonyl (C=O) groups is 2. The topological polar surface area (TPSA) is 75.6 Å². The van der Waals surface area contributed by atoms with Crippen LogP contribution in [0, 0.1) is 6.92 Å². The van der Waals surface area contributed by atoms with Crippen LogP contribution < -0.4 is 5.32 Å². The highest BCUT2D eigenvalue weighted by Crippen LogP contribution is 2.19. The Morgan fingerprint density at radius 1 is 1.41 bits per heavy atom. The molecule has 0 heterocycles. The van der Waals surface area contributed by atoms with E-state index >= 15 is 0 Å². The third-order valence-electron chi connectivity index (χ3n) is 2.37. The van der Waals surface area contributed by atoms with Gasteiger partial charge >= 0.3 is 5.97 Å². The number of hydrogen-bond donors (Lipinski definition) is 2. The molecule has 0 radical (unpaired) electrons. The largest absolute Gasteiger partial charge is 0.478 e. The molecule has 1 aromatic carbocycles. The van der Waals surface area contributed by atoms with Gasteiger partial charge in [-0.3, -0.25) is 4.79 Å². The first kappa shape index (κ1) is 13.2. The van der Waals surface area contributed by atoms with Crippen LogP contribution in [-0.2, 0) is 9.53 Å². The van der Waals surface area contributed by atoms with E-state index in [0.29, 0.717) is 17.9 Å². The zero-order valence-electron chi connectivity index (χ0n) is 9.82. The number of benzene rings is 1. The summed E-state index contributed by atoms with van der Waals surface area (Å²) in [5, 5.41) is 11.6. The molecule has 0 atom stereocenters. The molecule has 0 spiro atoms. The van der Waals surface area contributed by atoms with Crippen molar-refractivity contribution >= 4 is 17.6 Å². The molecular weight excluding hydrogens is 222 g/mol. The minimum atomic E-state index is -1.00. The maximum Gasteiger partial charge on any atom is 0.336 e. The lowest BCUT2D eigenvalue weighted by atomic mass is 10.1. The van der Waals surface area contributed by atoms with E-state index in [1.165, 1.54) is 13.2 Å². The first-order valence-electron chi connectivity index (χ1n) is 5.18. The van der Waals surface area contributed by atoms with E-state index in [1.807, 2.05) is 0 Å². The number of ether oxygens (including phenoxy) is 1. The van der Waals surface area contributed by atoms with Gasteiger partial charge in [-0.15, -0.1) is 0 Å². The summed E-state index contributed by atoms with van der Waals surface area (Å²) in [6.45, 7) is 2.00. The molecule has 0 saturated heterocycles. The highest BCUT2D eigenvalue weighted by Gasteiger charge is 2.11. The lowest BCUT2D eigenvalue weighted by Gasteiger charge is -2.10. The quantitative estimate of drug-likeness (QED) is 0.816. The molecule has 0 aliphatic carbocycles. The predicted molar refractivity (Wildman–Crippen MR) is 63.3 cm³/mol. The number of amides is 1. The smallest absolute Gasteiger partial charge is 0.336 e. The number of nitrogens with one attached hydrogen (secondary N) is 1. The highest BCUT2D eigenvalue weighted by molar-refractivity contribution is 5.96. The number of carboxylic acids is 1. The van der Waals surface area contributed by atoms with Crippen molar-refractivity contribution in [3.05, 3.63) is 29.3 Å². The van der Waals surface area contributed by atoms with Crippen LogP contribution in [0.5, 0.6) is 0 Å². The third-order valence-corrected chi connectivity index (χ3v) is 2.37. The van der Waals surface area contributed by atoms with E-state index in [-0.39, 0.29) is 17.9 Å². The van der Waals surface area contributed by atoms with Crippen LogP contribution in [0.4, 0.5) is 5.69 Å². The molecule has 0 aromatic heterocycles.